The van der Waals surface area contributed by atoms with E-state index in [0.29, 0.717) is 24.0 Å². The Morgan fingerprint density at radius 1 is 1.44 bits per heavy atom. The predicted molar refractivity (Wildman–Crippen MR) is 66.8 cm³/mol. The van der Waals surface area contributed by atoms with Gasteiger partial charge in [-0.05, 0) is 18.6 Å². The van der Waals surface area contributed by atoms with E-state index in [-0.39, 0.29) is 18.1 Å². The molecule has 1 aromatic rings. The highest BCUT2D eigenvalue weighted by Crippen LogP contribution is 2.37. The quantitative estimate of drug-likeness (QED) is 0.837. The summed E-state index contributed by atoms with van der Waals surface area (Å²) in [6.45, 7) is 2.15. The summed E-state index contributed by atoms with van der Waals surface area (Å²) in [5.41, 5.74) is -0.0269. The van der Waals surface area contributed by atoms with E-state index in [1.54, 1.807) is 12.1 Å². The Bertz CT molecular complexity index is 468. The Labute approximate surface area is 110 Å². The van der Waals surface area contributed by atoms with Crippen LogP contribution in [0.4, 0.5) is 0 Å². The molecule has 0 saturated carbocycles. The zero-order chi connectivity index (χ0) is 12.6. The molecular weight excluding hydrogens is 254 g/mol. The van der Waals surface area contributed by atoms with Crippen LogP contribution in [0.2, 0.25) is 5.02 Å². The van der Waals surface area contributed by atoms with Gasteiger partial charge in [0.1, 0.15) is 5.75 Å². The van der Waals surface area contributed by atoms with E-state index in [9.17, 15) is 4.79 Å². The summed E-state index contributed by atoms with van der Waals surface area (Å²) in [6.07, 6.45) is 1.03. The van der Waals surface area contributed by atoms with Crippen LogP contribution in [0.5, 0.6) is 5.75 Å². The standard InChI is InChI=1S/C13H14ClNO3/c14-10-3-1-2-4-11(10)18-7-12(16)15-6-5-13(15)8-17-9-13/h1-4H,5-9H2. The normalized spacial score (nSPS) is 20.2. The van der Waals surface area contributed by atoms with Crippen LogP contribution in [0.25, 0.3) is 0 Å². The van der Waals surface area contributed by atoms with Gasteiger partial charge in [0.05, 0.1) is 23.8 Å². The zero-order valence-electron chi connectivity index (χ0n) is 9.89. The fourth-order valence-electron chi connectivity index (χ4n) is 2.35. The van der Waals surface area contributed by atoms with E-state index in [4.69, 9.17) is 21.1 Å². The molecule has 1 aromatic carbocycles. The lowest BCUT2D eigenvalue weighted by atomic mass is 9.83. The van der Waals surface area contributed by atoms with E-state index >= 15 is 0 Å². The number of carbonyl (C=O) groups is 1. The van der Waals surface area contributed by atoms with Crippen LogP contribution in [0.3, 0.4) is 0 Å². The average molecular weight is 268 g/mol. The molecule has 2 saturated heterocycles. The molecule has 0 aromatic heterocycles. The number of likely N-dealkylation sites (tertiary alicyclic amines) is 1. The monoisotopic (exact) mass is 267 g/mol. The largest absolute Gasteiger partial charge is 0.482 e. The SMILES string of the molecule is O=C(COc1ccccc1Cl)N1CCC12COC2. The molecule has 1 spiro atoms. The van der Waals surface area contributed by atoms with Crippen molar-refractivity contribution in [3.63, 3.8) is 0 Å². The van der Waals surface area contributed by atoms with Gasteiger partial charge in [0.2, 0.25) is 0 Å². The number of ether oxygens (including phenoxy) is 2. The first-order chi connectivity index (χ1) is 8.71. The Hall–Kier alpha value is -1.26. The van der Waals surface area contributed by atoms with Crippen LogP contribution >= 0.6 is 11.6 Å². The van der Waals surface area contributed by atoms with Crippen molar-refractivity contribution in [3.05, 3.63) is 29.3 Å². The molecule has 0 bridgehead atoms. The second kappa shape index (κ2) is 4.44. The summed E-state index contributed by atoms with van der Waals surface area (Å²) < 4.78 is 10.6. The van der Waals surface area contributed by atoms with Gasteiger partial charge in [-0.25, -0.2) is 0 Å². The number of amides is 1. The topological polar surface area (TPSA) is 38.8 Å². The second-order valence-corrected chi connectivity index (χ2v) is 5.14. The van der Waals surface area contributed by atoms with E-state index in [0.717, 1.165) is 13.0 Å². The van der Waals surface area contributed by atoms with E-state index < -0.39 is 0 Å². The van der Waals surface area contributed by atoms with E-state index in [2.05, 4.69) is 0 Å². The third kappa shape index (κ3) is 1.85. The Kier molecular flexibility index (Phi) is 2.92. The van der Waals surface area contributed by atoms with Gasteiger partial charge < -0.3 is 14.4 Å². The van der Waals surface area contributed by atoms with Crippen molar-refractivity contribution < 1.29 is 14.3 Å². The molecule has 0 N–H and O–H groups in total. The third-order valence-corrected chi connectivity index (χ3v) is 3.92. The maximum absolute atomic E-state index is 12.0. The molecule has 2 aliphatic heterocycles. The zero-order valence-corrected chi connectivity index (χ0v) is 10.7. The van der Waals surface area contributed by atoms with Crippen molar-refractivity contribution in [2.24, 2.45) is 0 Å². The lowest BCUT2D eigenvalue weighted by Gasteiger charge is -2.57. The van der Waals surface area contributed by atoms with Crippen LogP contribution in [0, 0.1) is 0 Å². The molecule has 0 radical (unpaired) electrons. The summed E-state index contributed by atoms with van der Waals surface area (Å²) in [5.74, 6) is 0.552. The highest BCUT2D eigenvalue weighted by Gasteiger charge is 2.52. The molecule has 2 heterocycles. The molecule has 4 nitrogen and oxygen atoms in total. The number of rotatable bonds is 3. The Morgan fingerprint density at radius 2 is 2.22 bits per heavy atom. The van der Waals surface area contributed by atoms with Crippen LogP contribution in [-0.4, -0.2) is 42.7 Å². The van der Waals surface area contributed by atoms with Crippen LogP contribution in [0.1, 0.15) is 6.42 Å². The van der Waals surface area contributed by atoms with Crippen molar-refractivity contribution in [1.82, 2.24) is 4.90 Å². The lowest BCUT2D eigenvalue weighted by Crippen LogP contribution is -2.72. The molecule has 2 fully saturated rings. The fourth-order valence-corrected chi connectivity index (χ4v) is 2.54. The first kappa shape index (κ1) is 11.8. The average Bonchev–Trinajstić information content (AvgIpc) is 2.24. The molecule has 96 valence electrons. The number of hydrogen-bond donors (Lipinski definition) is 0. The maximum atomic E-state index is 12.0. The first-order valence-electron chi connectivity index (χ1n) is 5.97. The fraction of sp³-hybridized carbons (Fsp3) is 0.462. The number of para-hydroxylation sites is 1. The van der Waals surface area contributed by atoms with Gasteiger partial charge in [0.25, 0.3) is 5.91 Å². The molecule has 0 unspecified atom stereocenters. The maximum Gasteiger partial charge on any atom is 0.261 e. The van der Waals surface area contributed by atoms with Gasteiger partial charge in [-0.3, -0.25) is 4.79 Å². The van der Waals surface area contributed by atoms with Gasteiger partial charge in [-0.15, -0.1) is 0 Å². The molecular formula is C13H14ClNO3. The van der Waals surface area contributed by atoms with Gasteiger partial charge in [0.15, 0.2) is 6.61 Å². The molecule has 3 rings (SSSR count). The van der Waals surface area contributed by atoms with Crippen LogP contribution < -0.4 is 4.74 Å². The van der Waals surface area contributed by atoms with Crippen LogP contribution in [0.15, 0.2) is 24.3 Å². The number of nitrogens with zero attached hydrogens (tertiary/aromatic N) is 1. The second-order valence-electron chi connectivity index (χ2n) is 4.73. The first-order valence-corrected chi connectivity index (χ1v) is 6.35. The van der Waals surface area contributed by atoms with Gasteiger partial charge in [0, 0.05) is 6.54 Å². The van der Waals surface area contributed by atoms with Crippen molar-refractivity contribution in [2.75, 3.05) is 26.4 Å². The van der Waals surface area contributed by atoms with E-state index in [1.807, 2.05) is 17.0 Å². The molecule has 18 heavy (non-hydrogen) atoms. The molecule has 0 aliphatic carbocycles. The van der Waals surface area contributed by atoms with Crippen molar-refractivity contribution in [3.8, 4) is 5.75 Å². The van der Waals surface area contributed by atoms with Crippen molar-refractivity contribution in [1.29, 1.82) is 0 Å². The summed E-state index contributed by atoms with van der Waals surface area (Å²) in [6, 6.07) is 7.16. The van der Waals surface area contributed by atoms with Crippen LogP contribution in [-0.2, 0) is 9.53 Å². The summed E-state index contributed by atoms with van der Waals surface area (Å²) in [7, 11) is 0. The summed E-state index contributed by atoms with van der Waals surface area (Å²) in [5, 5.41) is 0.524. The molecule has 2 aliphatic rings. The minimum Gasteiger partial charge on any atom is -0.482 e. The minimum atomic E-state index is -0.0269. The van der Waals surface area contributed by atoms with Crippen molar-refractivity contribution in [2.45, 2.75) is 12.0 Å². The highest BCUT2D eigenvalue weighted by atomic mass is 35.5. The number of benzene rings is 1. The summed E-state index contributed by atoms with van der Waals surface area (Å²) in [4.78, 5) is 13.9. The van der Waals surface area contributed by atoms with Gasteiger partial charge in [-0.1, -0.05) is 23.7 Å². The highest BCUT2D eigenvalue weighted by molar-refractivity contribution is 6.32. The number of halogens is 1. The van der Waals surface area contributed by atoms with Crippen molar-refractivity contribution >= 4 is 17.5 Å². The number of hydrogen-bond acceptors (Lipinski definition) is 3. The minimum absolute atomic E-state index is 0.00414. The molecule has 5 heteroatoms. The predicted octanol–water partition coefficient (Wildman–Crippen LogP) is 1.72. The Morgan fingerprint density at radius 3 is 2.78 bits per heavy atom. The number of carbonyl (C=O) groups excluding carboxylic acids is 1. The third-order valence-electron chi connectivity index (χ3n) is 3.60. The smallest absolute Gasteiger partial charge is 0.261 e. The van der Waals surface area contributed by atoms with Gasteiger partial charge in [-0.2, -0.15) is 0 Å². The van der Waals surface area contributed by atoms with Gasteiger partial charge >= 0.3 is 0 Å². The molecule has 0 atom stereocenters. The Balaban J connectivity index is 1.57. The summed E-state index contributed by atoms with van der Waals surface area (Å²) >= 11 is 5.96. The van der Waals surface area contributed by atoms with E-state index in [1.165, 1.54) is 0 Å². The molecule has 1 amide bonds. The lowest BCUT2D eigenvalue weighted by molar-refractivity contribution is -0.201.